The number of aliphatic hydroxyl groups is 1. The molecule has 0 bridgehead atoms. The van der Waals surface area contributed by atoms with Crippen molar-refractivity contribution in [3.05, 3.63) is 24.2 Å². The van der Waals surface area contributed by atoms with Gasteiger partial charge in [-0.25, -0.2) is 4.79 Å². The number of carbonyl (C=O) groups excluding carboxylic acids is 1. The van der Waals surface area contributed by atoms with Crippen LogP contribution in [0.4, 0.5) is 0 Å². The average Bonchev–Trinajstić information content (AvgIpc) is 2.94. The van der Waals surface area contributed by atoms with Gasteiger partial charge in [0.05, 0.1) is 31.4 Å². The molecule has 2 rings (SSSR count). The second kappa shape index (κ2) is 5.29. The maximum absolute atomic E-state index is 11.8. The molecule has 0 saturated carbocycles. The summed E-state index contributed by atoms with van der Waals surface area (Å²) in [4.78, 5) is 13.3. The van der Waals surface area contributed by atoms with E-state index in [2.05, 4.69) is 0 Å². The second-order valence-electron chi connectivity index (χ2n) is 3.81. The molecule has 0 spiro atoms. The molecule has 1 aromatic rings. The van der Waals surface area contributed by atoms with Crippen molar-refractivity contribution in [2.45, 2.75) is 19.2 Å². The van der Waals surface area contributed by atoms with Crippen molar-refractivity contribution in [1.29, 1.82) is 0 Å². The van der Waals surface area contributed by atoms with Gasteiger partial charge >= 0.3 is 5.97 Å². The van der Waals surface area contributed by atoms with Crippen LogP contribution >= 0.6 is 24.0 Å². The minimum absolute atomic E-state index is 0.183. The maximum atomic E-state index is 11.8. The number of carbonyl (C=O) groups is 1. The Bertz CT molecular complexity index is 448. The standard InChI is InChI=1S/C11H13NO4S2/c1-2-16-9(13)11(14)7-18-10(17)12(11)5-8-3-4-15-6-8/h3-4,6,14H,2,5,7H2,1H3. The predicted molar refractivity (Wildman–Crippen MR) is 70.9 cm³/mol. The molecule has 1 aliphatic heterocycles. The Morgan fingerprint density at radius 2 is 2.56 bits per heavy atom. The van der Waals surface area contributed by atoms with Crippen LogP contribution in [-0.4, -0.2) is 38.4 Å². The molecule has 1 fully saturated rings. The van der Waals surface area contributed by atoms with Crippen molar-refractivity contribution in [3.63, 3.8) is 0 Å². The topological polar surface area (TPSA) is 62.9 Å². The van der Waals surface area contributed by atoms with Crippen LogP contribution in [-0.2, 0) is 16.1 Å². The normalized spacial score (nSPS) is 23.4. The molecule has 1 aliphatic rings. The summed E-state index contributed by atoms with van der Waals surface area (Å²) in [5.74, 6) is -0.483. The van der Waals surface area contributed by atoms with Gasteiger partial charge in [0, 0.05) is 5.56 Å². The van der Waals surface area contributed by atoms with Gasteiger partial charge in [-0.15, -0.1) is 0 Å². The summed E-state index contributed by atoms with van der Waals surface area (Å²) >= 11 is 6.42. The molecule has 2 heterocycles. The zero-order valence-corrected chi connectivity index (χ0v) is 11.4. The number of thiocarbonyl (C=S) groups is 1. The second-order valence-corrected chi connectivity index (χ2v) is 5.42. The van der Waals surface area contributed by atoms with Gasteiger partial charge in [0.1, 0.15) is 4.32 Å². The largest absolute Gasteiger partial charge is 0.472 e. The highest BCUT2D eigenvalue weighted by molar-refractivity contribution is 8.23. The van der Waals surface area contributed by atoms with E-state index in [-0.39, 0.29) is 12.4 Å². The highest BCUT2D eigenvalue weighted by Gasteiger charge is 2.50. The smallest absolute Gasteiger partial charge is 0.360 e. The monoisotopic (exact) mass is 287 g/mol. The summed E-state index contributed by atoms with van der Waals surface area (Å²) in [6, 6.07) is 1.76. The molecule has 0 amide bonds. The minimum Gasteiger partial charge on any atom is -0.472 e. The molecule has 0 aromatic carbocycles. The Balaban J connectivity index is 2.19. The lowest BCUT2D eigenvalue weighted by atomic mass is 10.2. The van der Waals surface area contributed by atoms with Crippen LogP contribution in [0.3, 0.4) is 0 Å². The van der Waals surface area contributed by atoms with E-state index in [1.54, 1.807) is 19.3 Å². The average molecular weight is 287 g/mol. The van der Waals surface area contributed by atoms with Crippen molar-refractivity contribution in [3.8, 4) is 0 Å². The molecular weight excluding hydrogens is 274 g/mol. The number of nitrogens with zero attached hydrogens (tertiary/aromatic N) is 1. The van der Waals surface area contributed by atoms with Crippen molar-refractivity contribution in [2.75, 3.05) is 12.4 Å². The summed E-state index contributed by atoms with van der Waals surface area (Å²) in [7, 11) is 0. The number of hydrogen-bond acceptors (Lipinski definition) is 6. The zero-order valence-electron chi connectivity index (χ0n) is 9.79. The van der Waals surface area contributed by atoms with Gasteiger partial charge in [-0.2, -0.15) is 0 Å². The number of esters is 1. The van der Waals surface area contributed by atoms with Gasteiger partial charge in [0.15, 0.2) is 0 Å². The van der Waals surface area contributed by atoms with Crippen molar-refractivity contribution >= 4 is 34.3 Å². The molecule has 98 valence electrons. The molecule has 1 saturated heterocycles. The minimum atomic E-state index is -1.69. The molecule has 1 N–H and O–H groups in total. The van der Waals surface area contributed by atoms with Crippen LogP contribution < -0.4 is 0 Å². The lowest BCUT2D eigenvalue weighted by Gasteiger charge is -2.31. The Kier molecular flexibility index (Phi) is 3.94. The molecular formula is C11H13NO4S2. The highest BCUT2D eigenvalue weighted by atomic mass is 32.2. The lowest BCUT2D eigenvalue weighted by Crippen LogP contribution is -2.53. The van der Waals surface area contributed by atoms with Gasteiger partial charge < -0.3 is 19.2 Å². The molecule has 0 aliphatic carbocycles. The number of thioether (sulfide) groups is 1. The fourth-order valence-corrected chi connectivity index (χ4v) is 3.01. The molecule has 1 atom stereocenters. The van der Waals surface area contributed by atoms with E-state index in [0.29, 0.717) is 10.9 Å². The van der Waals surface area contributed by atoms with Crippen LogP contribution in [0.5, 0.6) is 0 Å². The Hall–Kier alpha value is -1.05. The third-order valence-corrected chi connectivity index (χ3v) is 4.18. The maximum Gasteiger partial charge on any atom is 0.360 e. The Labute approximate surface area is 114 Å². The lowest BCUT2D eigenvalue weighted by molar-refractivity contribution is -0.175. The summed E-state index contributed by atoms with van der Waals surface area (Å²) in [5, 5.41) is 10.4. The van der Waals surface area contributed by atoms with Crippen molar-refractivity contribution in [2.24, 2.45) is 0 Å². The van der Waals surface area contributed by atoms with E-state index in [4.69, 9.17) is 21.4 Å². The summed E-state index contributed by atoms with van der Waals surface area (Å²) in [6.07, 6.45) is 3.09. The summed E-state index contributed by atoms with van der Waals surface area (Å²) < 4.78 is 10.3. The fraction of sp³-hybridized carbons (Fsp3) is 0.455. The summed E-state index contributed by atoms with van der Waals surface area (Å²) in [6.45, 7) is 2.23. The van der Waals surface area contributed by atoms with Crippen LogP contribution in [0.1, 0.15) is 12.5 Å². The first-order chi connectivity index (χ1) is 8.58. The Morgan fingerprint density at radius 3 is 3.17 bits per heavy atom. The van der Waals surface area contributed by atoms with Gasteiger partial charge in [-0.05, 0) is 13.0 Å². The van der Waals surface area contributed by atoms with Crippen LogP contribution in [0, 0.1) is 0 Å². The first-order valence-corrected chi connectivity index (χ1v) is 6.82. The van der Waals surface area contributed by atoms with Crippen LogP contribution in [0.2, 0.25) is 0 Å². The van der Waals surface area contributed by atoms with Crippen molar-refractivity contribution in [1.82, 2.24) is 4.90 Å². The summed E-state index contributed by atoms with van der Waals surface area (Å²) in [5.41, 5.74) is -0.850. The molecule has 0 radical (unpaired) electrons. The van der Waals surface area contributed by atoms with E-state index in [1.165, 1.54) is 22.9 Å². The van der Waals surface area contributed by atoms with Gasteiger partial charge in [0.25, 0.3) is 0 Å². The third-order valence-electron chi connectivity index (χ3n) is 2.59. The third kappa shape index (κ3) is 2.38. The van der Waals surface area contributed by atoms with Gasteiger partial charge in [-0.3, -0.25) is 0 Å². The zero-order chi connectivity index (χ0) is 13.2. The van der Waals surface area contributed by atoms with Gasteiger partial charge in [-0.1, -0.05) is 24.0 Å². The van der Waals surface area contributed by atoms with E-state index >= 15 is 0 Å². The number of furan rings is 1. The molecule has 1 aromatic heterocycles. The van der Waals surface area contributed by atoms with E-state index < -0.39 is 11.7 Å². The SMILES string of the molecule is CCOC(=O)C1(O)CSC(=S)N1Cc1ccoc1. The molecule has 1 unspecified atom stereocenters. The predicted octanol–water partition coefficient (Wildman–Crippen LogP) is 1.36. The van der Waals surface area contributed by atoms with E-state index in [9.17, 15) is 9.90 Å². The number of hydrogen-bond donors (Lipinski definition) is 1. The quantitative estimate of drug-likeness (QED) is 0.662. The van der Waals surface area contributed by atoms with E-state index in [0.717, 1.165) is 5.56 Å². The van der Waals surface area contributed by atoms with Crippen LogP contribution in [0.25, 0.3) is 0 Å². The fourth-order valence-electron chi connectivity index (χ4n) is 1.65. The molecule has 7 heteroatoms. The molecule has 5 nitrogen and oxygen atoms in total. The van der Waals surface area contributed by atoms with E-state index in [1.807, 2.05) is 0 Å². The van der Waals surface area contributed by atoms with Crippen molar-refractivity contribution < 1.29 is 19.1 Å². The first-order valence-electron chi connectivity index (χ1n) is 5.43. The number of ether oxygens (including phenoxy) is 1. The Morgan fingerprint density at radius 1 is 1.78 bits per heavy atom. The van der Waals surface area contributed by atoms with Crippen LogP contribution in [0.15, 0.2) is 23.0 Å². The van der Waals surface area contributed by atoms with Gasteiger partial charge in [0.2, 0.25) is 5.72 Å². The highest BCUT2D eigenvalue weighted by Crippen LogP contribution is 2.34. The first kappa shape index (κ1) is 13.4. The molecule has 18 heavy (non-hydrogen) atoms. The number of rotatable bonds is 4.